The van der Waals surface area contributed by atoms with E-state index in [1.165, 1.54) is 6.07 Å². The van der Waals surface area contributed by atoms with Gasteiger partial charge in [-0.2, -0.15) is 5.10 Å². The first-order valence-corrected chi connectivity index (χ1v) is 9.91. The summed E-state index contributed by atoms with van der Waals surface area (Å²) in [6.07, 6.45) is 4.80. The Balaban J connectivity index is 1.71. The zero-order valence-electron chi connectivity index (χ0n) is 16.9. The highest BCUT2D eigenvalue weighted by Crippen LogP contribution is 2.31. The molecule has 1 fully saturated rings. The molecule has 5 nitrogen and oxygen atoms in total. The van der Waals surface area contributed by atoms with Crippen LogP contribution in [0, 0.1) is 12.7 Å². The van der Waals surface area contributed by atoms with Crippen LogP contribution in [0.25, 0.3) is 11.0 Å². The summed E-state index contributed by atoms with van der Waals surface area (Å²) in [5, 5.41) is 5.49. The van der Waals surface area contributed by atoms with E-state index in [0.29, 0.717) is 12.1 Å². The summed E-state index contributed by atoms with van der Waals surface area (Å²) in [6.45, 7) is 9.50. The van der Waals surface area contributed by atoms with Crippen LogP contribution in [0.5, 0.6) is 0 Å². The molecule has 0 amide bonds. The topological polar surface area (TPSA) is 43.2 Å². The Labute approximate surface area is 165 Å². The molecule has 0 N–H and O–H groups in total. The first-order valence-electron chi connectivity index (χ1n) is 9.91. The molecule has 0 bridgehead atoms. The third-order valence-electron chi connectivity index (χ3n) is 5.62. The van der Waals surface area contributed by atoms with Crippen molar-refractivity contribution < 1.29 is 9.13 Å². The largest absolute Gasteiger partial charge is 0.376 e. The third kappa shape index (κ3) is 3.37. The Morgan fingerprint density at radius 1 is 1.32 bits per heavy atom. The summed E-state index contributed by atoms with van der Waals surface area (Å²) in [5.74, 6) is -0.180. The number of anilines is 1. The summed E-state index contributed by atoms with van der Waals surface area (Å²) >= 11 is 0. The maximum Gasteiger partial charge on any atom is 0.157 e. The Kier molecular flexibility index (Phi) is 5.06. The van der Waals surface area contributed by atoms with Crippen molar-refractivity contribution in [1.82, 2.24) is 14.8 Å². The molecule has 0 spiro atoms. The van der Waals surface area contributed by atoms with Crippen molar-refractivity contribution in [3.05, 3.63) is 53.6 Å². The Morgan fingerprint density at radius 2 is 2.14 bits per heavy atom. The van der Waals surface area contributed by atoms with Crippen LogP contribution in [0.1, 0.15) is 44.4 Å². The van der Waals surface area contributed by atoms with E-state index in [1.54, 1.807) is 6.07 Å². The lowest BCUT2D eigenvalue weighted by Crippen LogP contribution is -2.40. The average molecular weight is 382 g/mol. The molecule has 148 valence electrons. The van der Waals surface area contributed by atoms with Crippen LogP contribution in [0.4, 0.5) is 10.1 Å². The molecule has 0 radical (unpaired) electrons. The summed E-state index contributed by atoms with van der Waals surface area (Å²) in [6, 6.07) is 7.88. The highest BCUT2D eigenvalue weighted by molar-refractivity contribution is 5.75. The molecule has 0 aliphatic carbocycles. The van der Waals surface area contributed by atoms with E-state index < -0.39 is 0 Å². The van der Waals surface area contributed by atoms with E-state index in [1.807, 2.05) is 30.1 Å². The number of ether oxygens (including phenoxy) is 1. The van der Waals surface area contributed by atoms with E-state index in [-0.39, 0.29) is 24.0 Å². The van der Waals surface area contributed by atoms with E-state index in [2.05, 4.69) is 41.8 Å². The van der Waals surface area contributed by atoms with Crippen LogP contribution in [0.3, 0.4) is 0 Å². The zero-order valence-corrected chi connectivity index (χ0v) is 16.9. The van der Waals surface area contributed by atoms with Gasteiger partial charge in [0.2, 0.25) is 0 Å². The Morgan fingerprint density at radius 3 is 2.86 bits per heavy atom. The van der Waals surface area contributed by atoms with Gasteiger partial charge >= 0.3 is 0 Å². The zero-order chi connectivity index (χ0) is 19.8. The molecule has 2 aromatic heterocycles. The van der Waals surface area contributed by atoms with Gasteiger partial charge in [0.05, 0.1) is 18.3 Å². The highest BCUT2D eigenvalue weighted by Gasteiger charge is 2.31. The van der Waals surface area contributed by atoms with Gasteiger partial charge in [-0.25, -0.2) is 14.1 Å². The molecule has 6 heteroatoms. The Bertz CT molecular complexity index is 984. The smallest absolute Gasteiger partial charge is 0.157 e. The van der Waals surface area contributed by atoms with Crippen molar-refractivity contribution >= 4 is 16.7 Å². The lowest BCUT2D eigenvalue weighted by atomic mass is 10.0. The molecule has 2 atom stereocenters. The van der Waals surface area contributed by atoms with Crippen LogP contribution >= 0.6 is 0 Å². The first-order chi connectivity index (χ1) is 13.5. The molecule has 3 aromatic rings. The number of rotatable bonds is 5. The minimum absolute atomic E-state index is 0.100. The number of hydrogen-bond acceptors (Lipinski definition) is 4. The predicted octanol–water partition coefficient (Wildman–Crippen LogP) is 4.64. The summed E-state index contributed by atoms with van der Waals surface area (Å²) in [7, 11) is 0. The summed E-state index contributed by atoms with van der Waals surface area (Å²) < 4.78 is 22.0. The van der Waals surface area contributed by atoms with Gasteiger partial charge in [0, 0.05) is 42.0 Å². The van der Waals surface area contributed by atoms with Crippen LogP contribution in [-0.4, -0.2) is 33.5 Å². The van der Waals surface area contributed by atoms with Gasteiger partial charge in [-0.15, -0.1) is 0 Å². The molecule has 1 aliphatic rings. The van der Waals surface area contributed by atoms with Crippen molar-refractivity contribution in [2.75, 3.05) is 11.5 Å². The SMILES string of the molecule is Cc1c(F)cccc1N(Cc1cnc2c(cnn2C(C)C)c1)C1CCOC1C. The molecule has 4 rings (SSSR count). The van der Waals surface area contributed by atoms with Gasteiger partial charge in [0.1, 0.15) is 5.82 Å². The lowest BCUT2D eigenvalue weighted by molar-refractivity contribution is 0.117. The number of fused-ring (bicyclic) bond motifs is 1. The maximum atomic E-state index is 14.3. The molecule has 3 heterocycles. The van der Waals surface area contributed by atoms with Gasteiger partial charge < -0.3 is 9.64 Å². The van der Waals surface area contributed by atoms with Gasteiger partial charge in [0.15, 0.2) is 5.65 Å². The van der Waals surface area contributed by atoms with E-state index in [4.69, 9.17) is 4.74 Å². The standard InChI is InChI=1S/C22H27FN4O/c1-14(2)27-22-18(12-25-27)10-17(11-24-22)13-26(21-8-9-28-16(21)4)20-7-5-6-19(23)15(20)3/h5-7,10-12,14,16,21H,8-9,13H2,1-4H3. The van der Waals surface area contributed by atoms with E-state index >= 15 is 0 Å². The quantitative estimate of drug-likeness (QED) is 0.645. The molecule has 2 unspecified atom stereocenters. The highest BCUT2D eigenvalue weighted by atomic mass is 19.1. The minimum Gasteiger partial charge on any atom is -0.376 e. The second-order valence-corrected chi connectivity index (χ2v) is 7.88. The fourth-order valence-electron chi connectivity index (χ4n) is 4.06. The van der Waals surface area contributed by atoms with Crippen molar-refractivity contribution in [3.8, 4) is 0 Å². The average Bonchev–Trinajstić information content (AvgIpc) is 3.28. The van der Waals surface area contributed by atoms with E-state index in [9.17, 15) is 4.39 Å². The Hall–Kier alpha value is -2.47. The molecule has 1 aliphatic heterocycles. The third-order valence-corrected chi connectivity index (χ3v) is 5.62. The monoisotopic (exact) mass is 382 g/mol. The van der Waals surface area contributed by atoms with Crippen LogP contribution in [-0.2, 0) is 11.3 Å². The van der Waals surface area contributed by atoms with Gasteiger partial charge in [-0.05, 0) is 57.9 Å². The summed E-state index contributed by atoms with van der Waals surface area (Å²) in [5.41, 5.74) is 3.56. The molecule has 1 aromatic carbocycles. The lowest BCUT2D eigenvalue weighted by Gasteiger charge is -2.34. The van der Waals surface area contributed by atoms with Crippen LogP contribution in [0.15, 0.2) is 36.7 Å². The number of hydrogen-bond donors (Lipinski definition) is 0. The first kappa shape index (κ1) is 18.9. The van der Waals surface area contributed by atoms with Crippen molar-refractivity contribution in [2.45, 2.75) is 58.8 Å². The molecular formula is C22H27FN4O. The van der Waals surface area contributed by atoms with E-state index in [0.717, 1.165) is 35.3 Å². The van der Waals surface area contributed by atoms with Gasteiger partial charge in [-0.1, -0.05) is 6.07 Å². The van der Waals surface area contributed by atoms with Crippen molar-refractivity contribution in [3.63, 3.8) is 0 Å². The molecule has 1 saturated heterocycles. The maximum absolute atomic E-state index is 14.3. The van der Waals surface area contributed by atoms with Crippen molar-refractivity contribution in [2.24, 2.45) is 0 Å². The fraction of sp³-hybridized carbons (Fsp3) is 0.455. The van der Waals surface area contributed by atoms with Crippen LogP contribution in [0.2, 0.25) is 0 Å². The van der Waals surface area contributed by atoms with Crippen molar-refractivity contribution in [1.29, 1.82) is 0 Å². The predicted molar refractivity (Wildman–Crippen MR) is 109 cm³/mol. The van der Waals surface area contributed by atoms with Crippen LogP contribution < -0.4 is 4.90 Å². The second kappa shape index (κ2) is 7.51. The van der Waals surface area contributed by atoms with Gasteiger partial charge in [-0.3, -0.25) is 0 Å². The normalized spacial score (nSPS) is 19.6. The number of aromatic nitrogens is 3. The number of pyridine rings is 1. The number of halogens is 1. The molecule has 0 saturated carbocycles. The molecular weight excluding hydrogens is 355 g/mol. The van der Waals surface area contributed by atoms with Gasteiger partial charge in [0.25, 0.3) is 0 Å². The number of benzene rings is 1. The fourth-order valence-corrected chi connectivity index (χ4v) is 4.06. The molecule has 28 heavy (non-hydrogen) atoms. The number of nitrogens with zero attached hydrogens (tertiary/aromatic N) is 4. The second-order valence-electron chi connectivity index (χ2n) is 7.88. The minimum atomic E-state index is -0.180. The summed E-state index contributed by atoms with van der Waals surface area (Å²) in [4.78, 5) is 6.93.